The van der Waals surface area contributed by atoms with Crippen LogP contribution in [-0.2, 0) is 4.74 Å². The SMILES string of the molecule is CCOC(=O)c1cc(C)sc1NC(=O)NC1CCCCC1. The highest BCUT2D eigenvalue weighted by Crippen LogP contribution is 2.28. The van der Waals surface area contributed by atoms with Crippen molar-refractivity contribution in [1.29, 1.82) is 0 Å². The van der Waals surface area contributed by atoms with E-state index >= 15 is 0 Å². The van der Waals surface area contributed by atoms with E-state index in [1.165, 1.54) is 17.8 Å². The molecule has 1 fully saturated rings. The Hall–Kier alpha value is -1.56. The third-order valence-electron chi connectivity index (χ3n) is 3.52. The summed E-state index contributed by atoms with van der Waals surface area (Å²) in [5.41, 5.74) is 0.429. The molecule has 2 rings (SSSR count). The summed E-state index contributed by atoms with van der Waals surface area (Å²) >= 11 is 1.39. The minimum Gasteiger partial charge on any atom is -0.462 e. The average Bonchev–Trinajstić information content (AvgIpc) is 2.81. The molecule has 21 heavy (non-hydrogen) atoms. The van der Waals surface area contributed by atoms with Gasteiger partial charge in [0.05, 0.1) is 12.2 Å². The number of carbonyl (C=O) groups excluding carboxylic acids is 2. The van der Waals surface area contributed by atoms with E-state index in [0.717, 1.165) is 30.6 Å². The number of hydrogen-bond donors (Lipinski definition) is 2. The highest BCUT2D eigenvalue weighted by atomic mass is 32.1. The van der Waals surface area contributed by atoms with Gasteiger partial charge in [-0.15, -0.1) is 11.3 Å². The summed E-state index contributed by atoms with van der Waals surface area (Å²) in [5, 5.41) is 6.32. The quantitative estimate of drug-likeness (QED) is 0.833. The molecule has 0 atom stereocenters. The van der Waals surface area contributed by atoms with Crippen molar-refractivity contribution < 1.29 is 14.3 Å². The van der Waals surface area contributed by atoms with Crippen LogP contribution in [-0.4, -0.2) is 24.6 Å². The molecule has 0 radical (unpaired) electrons. The summed E-state index contributed by atoms with van der Waals surface area (Å²) in [5.74, 6) is -0.394. The lowest BCUT2D eigenvalue weighted by Crippen LogP contribution is -2.39. The van der Waals surface area contributed by atoms with Crippen molar-refractivity contribution in [2.24, 2.45) is 0 Å². The van der Waals surface area contributed by atoms with Crippen LogP contribution in [0.4, 0.5) is 9.80 Å². The van der Waals surface area contributed by atoms with Crippen molar-refractivity contribution in [2.45, 2.75) is 52.0 Å². The second-order valence-corrected chi connectivity index (χ2v) is 6.51. The summed E-state index contributed by atoms with van der Waals surface area (Å²) < 4.78 is 5.01. The van der Waals surface area contributed by atoms with Crippen LogP contribution in [0.3, 0.4) is 0 Å². The third-order valence-corrected chi connectivity index (χ3v) is 4.48. The van der Waals surface area contributed by atoms with Crippen molar-refractivity contribution in [2.75, 3.05) is 11.9 Å². The molecule has 2 amide bonds. The lowest BCUT2D eigenvalue weighted by Gasteiger charge is -2.22. The minimum absolute atomic E-state index is 0.241. The number of hydrogen-bond acceptors (Lipinski definition) is 4. The number of ether oxygens (including phenoxy) is 1. The van der Waals surface area contributed by atoms with Crippen molar-refractivity contribution in [3.05, 3.63) is 16.5 Å². The van der Waals surface area contributed by atoms with E-state index in [9.17, 15) is 9.59 Å². The van der Waals surface area contributed by atoms with E-state index in [2.05, 4.69) is 10.6 Å². The Kier molecular flexibility index (Phi) is 5.61. The molecule has 2 N–H and O–H groups in total. The molecule has 0 saturated heterocycles. The molecule has 1 heterocycles. The van der Waals surface area contributed by atoms with Gasteiger partial charge in [-0.2, -0.15) is 0 Å². The first-order valence-corrected chi connectivity index (χ1v) is 8.27. The predicted octanol–water partition coefficient (Wildman–Crippen LogP) is 3.69. The molecule has 1 saturated carbocycles. The fourth-order valence-corrected chi connectivity index (χ4v) is 3.43. The molecule has 1 aliphatic rings. The maximum Gasteiger partial charge on any atom is 0.341 e. The average molecular weight is 310 g/mol. The lowest BCUT2D eigenvalue weighted by molar-refractivity contribution is 0.0528. The normalized spacial score (nSPS) is 15.5. The second kappa shape index (κ2) is 7.45. The molecule has 1 aliphatic carbocycles. The number of carbonyl (C=O) groups is 2. The van der Waals surface area contributed by atoms with Gasteiger partial charge in [-0.3, -0.25) is 5.32 Å². The van der Waals surface area contributed by atoms with Gasteiger partial charge in [0.1, 0.15) is 5.00 Å². The van der Waals surface area contributed by atoms with Crippen LogP contribution in [0.15, 0.2) is 6.07 Å². The monoisotopic (exact) mass is 310 g/mol. The van der Waals surface area contributed by atoms with E-state index in [0.29, 0.717) is 17.2 Å². The second-order valence-electron chi connectivity index (χ2n) is 5.25. The Bertz CT molecular complexity index is 507. The van der Waals surface area contributed by atoms with Crippen molar-refractivity contribution in [1.82, 2.24) is 5.32 Å². The summed E-state index contributed by atoms with van der Waals surface area (Å²) in [4.78, 5) is 24.9. The molecule has 0 bridgehead atoms. The fraction of sp³-hybridized carbons (Fsp3) is 0.600. The molecule has 0 unspecified atom stereocenters. The van der Waals surface area contributed by atoms with Crippen molar-refractivity contribution >= 4 is 28.3 Å². The molecular weight excluding hydrogens is 288 g/mol. The number of amides is 2. The number of esters is 1. The van der Waals surface area contributed by atoms with Crippen molar-refractivity contribution in [3.8, 4) is 0 Å². The Morgan fingerprint density at radius 1 is 1.33 bits per heavy atom. The van der Waals surface area contributed by atoms with Gasteiger partial charge in [0.15, 0.2) is 0 Å². The maximum absolute atomic E-state index is 12.1. The van der Waals surface area contributed by atoms with E-state index in [-0.39, 0.29) is 12.1 Å². The zero-order valence-corrected chi connectivity index (χ0v) is 13.3. The number of thiophene rings is 1. The number of aryl methyl sites for hydroxylation is 1. The number of rotatable bonds is 4. The van der Waals surface area contributed by atoms with Crippen LogP contribution in [0.5, 0.6) is 0 Å². The highest BCUT2D eigenvalue weighted by molar-refractivity contribution is 7.16. The van der Waals surface area contributed by atoms with Crippen LogP contribution in [0.2, 0.25) is 0 Å². The molecule has 1 aromatic rings. The van der Waals surface area contributed by atoms with E-state index in [1.54, 1.807) is 13.0 Å². The van der Waals surface area contributed by atoms with Crippen LogP contribution >= 0.6 is 11.3 Å². The molecule has 0 aliphatic heterocycles. The molecular formula is C15H22N2O3S. The van der Waals surface area contributed by atoms with Gasteiger partial charge < -0.3 is 10.1 Å². The third kappa shape index (κ3) is 4.46. The first kappa shape index (κ1) is 15.8. The number of anilines is 1. The zero-order valence-electron chi connectivity index (χ0n) is 12.5. The molecule has 116 valence electrons. The Morgan fingerprint density at radius 2 is 2.05 bits per heavy atom. The maximum atomic E-state index is 12.1. The molecule has 0 spiro atoms. The topological polar surface area (TPSA) is 67.4 Å². The first-order chi connectivity index (χ1) is 10.1. The van der Waals surface area contributed by atoms with Crippen LogP contribution in [0.1, 0.15) is 54.3 Å². The standard InChI is InChI=1S/C15H22N2O3S/c1-3-20-14(18)12-9-10(2)21-13(12)17-15(19)16-11-7-5-4-6-8-11/h9,11H,3-8H2,1-2H3,(H2,16,17,19). The van der Waals surface area contributed by atoms with Gasteiger partial charge in [0.25, 0.3) is 0 Å². The number of urea groups is 1. The Balaban J connectivity index is 1.98. The van der Waals surface area contributed by atoms with Crippen molar-refractivity contribution in [3.63, 3.8) is 0 Å². The van der Waals surface area contributed by atoms with Crippen LogP contribution in [0, 0.1) is 6.92 Å². The van der Waals surface area contributed by atoms with Crippen LogP contribution in [0.25, 0.3) is 0 Å². The van der Waals surface area contributed by atoms with Gasteiger partial charge in [0, 0.05) is 10.9 Å². The van der Waals surface area contributed by atoms with E-state index in [1.807, 2.05) is 6.92 Å². The van der Waals surface area contributed by atoms with Gasteiger partial charge >= 0.3 is 12.0 Å². The fourth-order valence-electron chi connectivity index (χ4n) is 2.54. The zero-order chi connectivity index (χ0) is 15.2. The first-order valence-electron chi connectivity index (χ1n) is 7.45. The molecule has 6 heteroatoms. The van der Waals surface area contributed by atoms with Gasteiger partial charge in [-0.25, -0.2) is 9.59 Å². The van der Waals surface area contributed by atoms with E-state index < -0.39 is 5.97 Å². The predicted molar refractivity (Wildman–Crippen MR) is 84.0 cm³/mol. The number of nitrogens with one attached hydrogen (secondary N) is 2. The summed E-state index contributed by atoms with van der Waals surface area (Å²) in [7, 11) is 0. The van der Waals surface area contributed by atoms with Gasteiger partial charge in [-0.1, -0.05) is 19.3 Å². The van der Waals surface area contributed by atoms with Gasteiger partial charge in [0.2, 0.25) is 0 Å². The molecule has 5 nitrogen and oxygen atoms in total. The Morgan fingerprint density at radius 3 is 2.71 bits per heavy atom. The largest absolute Gasteiger partial charge is 0.462 e. The minimum atomic E-state index is -0.394. The van der Waals surface area contributed by atoms with Gasteiger partial charge in [-0.05, 0) is 32.8 Å². The molecule has 0 aromatic carbocycles. The summed E-state index contributed by atoms with van der Waals surface area (Å²) in [6, 6.07) is 1.75. The lowest BCUT2D eigenvalue weighted by atomic mass is 9.96. The Labute approximate surface area is 129 Å². The molecule has 1 aromatic heterocycles. The summed E-state index contributed by atoms with van der Waals surface area (Å²) in [6.45, 7) is 3.99. The summed E-state index contributed by atoms with van der Waals surface area (Å²) in [6.07, 6.45) is 5.63. The highest BCUT2D eigenvalue weighted by Gasteiger charge is 2.20. The smallest absolute Gasteiger partial charge is 0.341 e. The van der Waals surface area contributed by atoms with Crippen LogP contribution < -0.4 is 10.6 Å². The van der Waals surface area contributed by atoms with E-state index in [4.69, 9.17) is 4.74 Å².